The minimum absolute atomic E-state index is 0.463. The van der Waals surface area contributed by atoms with Crippen LogP contribution in [0.15, 0.2) is 52.1 Å². The molecular formula is C15H9BrCl4N2. The van der Waals surface area contributed by atoms with Crippen LogP contribution in [0.25, 0.3) is 0 Å². The average Bonchev–Trinajstić information content (AvgIpc) is 2.49. The first-order chi connectivity index (χ1) is 10.5. The third kappa shape index (κ3) is 5.18. The monoisotopic (exact) mass is 436 g/mol. The van der Waals surface area contributed by atoms with E-state index >= 15 is 0 Å². The van der Waals surface area contributed by atoms with Crippen molar-refractivity contribution >= 4 is 79.9 Å². The topological polar surface area (TPSA) is 24.4 Å². The minimum Gasteiger partial charge on any atom is -0.360 e. The number of nitrogens with zero attached hydrogens (tertiary/aromatic N) is 1. The van der Waals surface area contributed by atoms with Crippen LogP contribution in [0.4, 0.5) is 11.4 Å². The molecular weight excluding hydrogens is 430 g/mol. The van der Waals surface area contributed by atoms with Gasteiger partial charge in [-0.05, 0) is 52.3 Å². The average molecular weight is 439 g/mol. The zero-order chi connectivity index (χ0) is 16.1. The van der Waals surface area contributed by atoms with Crippen LogP contribution in [0.3, 0.4) is 0 Å². The van der Waals surface area contributed by atoms with Gasteiger partial charge in [0.25, 0.3) is 0 Å². The van der Waals surface area contributed by atoms with E-state index in [9.17, 15) is 0 Å². The lowest BCUT2D eigenvalue weighted by Crippen LogP contribution is -1.89. The number of halogens is 5. The summed E-state index contributed by atoms with van der Waals surface area (Å²) in [4.78, 5) is 4.28. The lowest BCUT2D eigenvalue weighted by Gasteiger charge is -2.03. The Morgan fingerprint density at radius 2 is 1.55 bits per heavy atom. The van der Waals surface area contributed by atoms with Crippen LogP contribution in [0, 0.1) is 0 Å². The van der Waals surface area contributed by atoms with Crippen molar-refractivity contribution in [2.45, 2.75) is 0 Å². The van der Waals surface area contributed by atoms with Gasteiger partial charge in [-0.3, -0.25) is 4.99 Å². The largest absolute Gasteiger partial charge is 0.360 e. The fourth-order valence-corrected chi connectivity index (χ4v) is 2.28. The van der Waals surface area contributed by atoms with Crippen molar-refractivity contribution in [3.05, 3.63) is 67.2 Å². The molecule has 0 heterocycles. The van der Waals surface area contributed by atoms with Gasteiger partial charge in [-0.15, -0.1) is 0 Å². The van der Waals surface area contributed by atoms with E-state index in [1.165, 1.54) is 0 Å². The van der Waals surface area contributed by atoms with Gasteiger partial charge in [0.05, 0.1) is 30.3 Å². The Kier molecular flexibility index (Phi) is 6.60. The molecule has 2 rings (SSSR count). The second-order valence-corrected chi connectivity index (χ2v) is 6.70. The van der Waals surface area contributed by atoms with Gasteiger partial charge in [0.15, 0.2) is 0 Å². The van der Waals surface area contributed by atoms with Crippen LogP contribution < -0.4 is 5.32 Å². The molecule has 0 aliphatic carbocycles. The fraction of sp³-hybridized carbons (Fsp3) is 0. The first-order valence-corrected chi connectivity index (χ1v) is 8.32. The summed E-state index contributed by atoms with van der Waals surface area (Å²) in [6, 6.07) is 10.4. The molecule has 0 amide bonds. The molecule has 0 aliphatic rings. The normalized spacial score (nSPS) is 12.0. The highest BCUT2D eigenvalue weighted by Crippen LogP contribution is 2.27. The number of anilines is 1. The van der Waals surface area contributed by atoms with Gasteiger partial charge in [0.1, 0.15) is 0 Å². The summed E-state index contributed by atoms with van der Waals surface area (Å²) in [6.07, 6.45) is 3.38. The van der Waals surface area contributed by atoms with Crippen molar-refractivity contribution < 1.29 is 0 Å². The Hall–Kier alpha value is -0.710. The quantitative estimate of drug-likeness (QED) is 0.495. The second-order valence-electron chi connectivity index (χ2n) is 4.16. The third-order valence-electron chi connectivity index (χ3n) is 2.54. The molecule has 7 heteroatoms. The zero-order valence-electron chi connectivity index (χ0n) is 11.0. The maximum atomic E-state index is 5.94. The molecule has 1 N–H and O–H groups in total. The molecule has 0 saturated carbocycles. The Balaban J connectivity index is 2.04. The number of rotatable bonds is 4. The van der Waals surface area contributed by atoms with Crippen molar-refractivity contribution in [2.24, 2.45) is 4.99 Å². The number of nitrogens with one attached hydrogen (secondary N) is 1. The van der Waals surface area contributed by atoms with E-state index in [0.717, 1.165) is 10.2 Å². The summed E-state index contributed by atoms with van der Waals surface area (Å²) >= 11 is 27.0. The second kappa shape index (κ2) is 8.23. The van der Waals surface area contributed by atoms with E-state index in [2.05, 4.69) is 26.2 Å². The predicted octanol–water partition coefficient (Wildman–Crippen LogP) is 7.35. The standard InChI is InChI=1S/C15H9BrCl4N2/c16-9(7-21-10-1-3-12(17)14(19)5-10)8-22-11-2-4-13(18)15(20)6-11/h1-8,21H/b9-7+,22-8?. The van der Waals surface area contributed by atoms with E-state index in [1.807, 2.05) is 6.07 Å². The molecule has 0 fully saturated rings. The highest BCUT2D eigenvalue weighted by atomic mass is 79.9. The van der Waals surface area contributed by atoms with Crippen LogP contribution in [-0.4, -0.2) is 6.21 Å². The van der Waals surface area contributed by atoms with Crippen LogP contribution in [0.1, 0.15) is 0 Å². The molecule has 0 aliphatic heterocycles. The number of hydrogen-bond donors (Lipinski definition) is 1. The summed E-state index contributed by atoms with van der Waals surface area (Å²) in [5.41, 5.74) is 1.52. The SMILES string of the molecule is Clc1ccc(N=C/C(Br)=C\Nc2ccc(Cl)c(Cl)c2)cc1Cl. The van der Waals surface area contributed by atoms with Gasteiger partial charge in [-0.1, -0.05) is 46.4 Å². The summed E-state index contributed by atoms with van der Waals surface area (Å²) in [7, 11) is 0. The van der Waals surface area contributed by atoms with Gasteiger partial charge in [-0.25, -0.2) is 0 Å². The third-order valence-corrected chi connectivity index (χ3v) is 4.45. The van der Waals surface area contributed by atoms with Gasteiger partial charge >= 0.3 is 0 Å². The van der Waals surface area contributed by atoms with E-state index < -0.39 is 0 Å². The molecule has 0 atom stereocenters. The molecule has 0 saturated heterocycles. The predicted molar refractivity (Wildman–Crippen MR) is 102 cm³/mol. The Labute approximate surface area is 156 Å². The summed E-state index contributed by atoms with van der Waals surface area (Å²) in [5, 5.41) is 5.04. The van der Waals surface area contributed by atoms with Crippen LogP contribution in [0.5, 0.6) is 0 Å². The highest BCUT2D eigenvalue weighted by Gasteiger charge is 1.99. The van der Waals surface area contributed by atoms with Crippen LogP contribution in [0.2, 0.25) is 20.1 Å². The Morgan fingerprint density at radius 3 is 2.18 bits per heavy atom. The maximum Gasteiger partial charge on any atom is 0.0645 e. The van der Waals surface area contributed by atoms with Crippen molar-refractivity contribution in [3.8, 4) is 0 Å². The molecule has 0 aromatic heterocycles. The minimum atomic E-state index is 0.463. The molecule has 22 heavy (non-hydrogen) atoms. The summed E-state index contributed by atoms with van der Waals surface area (Å²) in [5.74, 6) is 0. The summed E-state index contributed by atoms with van der Waals surface area (Å²) < 4.78 is 0.740. The molecule has 2 nitrogen and oxygen atoms in total. The first kappa shape index (κ1) is 17.6. The number of benzene rings is 2. The van der Waals surface area contributed by atoms with E-state index in [4.69, 9.17) is 46.4 Å². The number of hydrogen-bond acceptors (Lipinski definition) is 2. The molecule has 2 aromatic rings. The molecule has 0 unspecified atom stereocenters. The summed E-state index contributed by atoms with van der Waals surface area (Å²) in [6.45, 7) is 0. The zero-order valence-corrected chi connectivity index (χ0v) is 15.6. The Morgan fingerprint density at radius 1 is 0.909 bits per heavy atom. The fourth-order valence-electron chi connectivity index (χ4n) is 1.48. The molecule has 2 aromatic carbocycles. The van der Waals surface area contributed by atoms with E-state index in [0.29, 0.717) is 25.8 Å². The lowest BCUT2D eigenvalue weighted by atomic mass is 10.3. The van der Waals surface area contributed by atoms with E-state index in [1.54, 1.807) is 42.7 Å². The smallest absolute Gasteiger partial charge is 0.0645 e. The van der Waals surface area contributed by atoms with Crippen LogP contribution >= 0.6 is 62.3 Å². The lowest BCUT2D eigenvalue weighted by molar-refractivity contribution is 1.53. The van der Waals surface area contributed by atoms with Gasteiger partial charge < -0.3 is 5.32 Å². The van der Waals surface area contributed by atoms with Crippen molar-refractivity contribution in [3.63, 3.8) is 0 Å². The van der Waals surface area contributed by atoms with Gasteiger partial charge in [0, 0.05) is 18.1 Å². The molecule has 0 bridgehead atoms. The molecule has 114 valence electrons. The van der Waals surface area contributed by atoms with Crippen LogP contribution in [-0.2, 0) is 0 Å². The first-order valence-electron chi connectivity index (χ1n) is 6.02. The van der Waals surface area contributed by atoms with Gasteiger partial charge in [0.2, 0.25) is 0 Å². The number of allylic oxidation sites excluding steroid dienone is 1. The number of aliphatic imine (C=N–C) groups is 1. The maximum absolute atomic E-state index is 5.94. The van der Waals surface area contributed by atoms with E-state index in [-0.39, 0.29) is 0 Å². The molecule has 0 radical (unpaired) electrons. The van der Waals surface area contributed by atoms with Crippen molar-refractivity contribution in [1.29, 1.82) is 0 Å². The molecule has 0 spiro atoms. The van der Waals surface area contributed by atoms with Gasteiger partial charge in [-0.2, -0.15) is 0 Å². The van der Waals surface area contributed by atoms with Crippen molar-refractivity contribution in [1.82, 2.24) is 0 Å². The Bertz CT molecular complexity index is 744. The highest BCUT2D eigenvalue weighted by molar-refractivity contribution is 9.12. The van der Waals surface area contributed by atoms with Crippen molar-refractivity contribution in [2.75, 3.05) is 5.32 Å².